The molecule has 1 aliphatic carbocycles. The number of nitrogens with zero attached hydrogens (tertiary/aromatic N) is 1. The van der Waals surface area contributed by atoms with Crippen LogP contribution in [0, 0.1) is 17.6 Å². The van der Waals surface area contributed by atoms with Gasteiger partial charge in [-0.2, -0.15) is 0 Å². The number of hydrogen-bond donors (Lipinski definition) is 3. The van der Waals surface area contributed by atoms with Crippen LogP contribution in [0.15, 0.2) is 54.0 Å². The molecule has 1 saturated heterocycles. The summed E-state index contributed by atoms with van der Waals surface area (Å²) in [7, 11) is 0. The van der Waals surface area contributed by atoms with Crippen molar-refractivity contribution in [3.05, 3.63) is 71.2 Å². The minimum atomic E-state index is -0.963. The third-order valence-corrected chi connectivity index (χ3v) is 5.90. The van der Waals surface area contributed by atoms with Gasteiger partial charge in [-0.15, -0.1) is 0 Å². The highest BCUT2D eigenvalue weighted by atomic mass is 19.1. The van der Waals surface area contributed by atoms with Gasteiger partial charge in [-0.1, -0.05) is 6.07 Å². The molecule has 164 valence electrons. The van der Waals surface area contributed by atoms with E-state index < -0.39 is 23.1 Å². The van der Waals surface area contributed by atoms with Gasteiger partial charge >= 0.3 is 0 Å². The lowest BCUT2D eigenvalue weighted by Gasteiger charge is -2.32. The molecule has 1 saturated carbocycles. The normalized spacial score (nSPS) is 20.1. The largest absolute Gasteiger partial charge is 0.349 e. The molecule has 31 heavy (non-hydrogen) atoms. The molecule has 1 aromatic carbocycles. The molecule has 0 radical (unpaired) electrons. The topological polar surface area (TPSA) is 78.1 Å². The molecular formula is C23H27F2N4O2+. The Bertz CT molecular complexity index is 940. The van der Waals surface area contributed by atoms with Crippen molar-refractivity contribution >= 4 is 11.8 Å². The van der Waals surface area contributed by atoms with Crippen molar-refractivity contribution in [1.82, 2.24) is 15.5 Å². The summed E-state index contributed by atoms with van der Waals surface area (Å²) in [5.41, 5.74) is 0.316. The molecule has 2 amide bonds. The van der Waals surface area contributed by atoms with E-state index in [0.717, 1.165) is 50.5 Å². The molecule has 2 aliphatic heterocycles. The van der Waals surface area contributed by atoms with Crippen molar-refractivity contribution in [2.45, 2.75) is 31.7 Å². The van der Waals surface area contributed by atoms with Crippen molar-refractivity contribution in [3.8, 4) is 0 Å². The second-order valence-corrected chi connectivity index (χ2v) is 8.42. The molecule has 1 aromatic rings. The molecule has 0 atom stereocenters. The number of nitrogens with one attached hydrogen (secondary N) is 2. The zero-order valence-electron chi connectivity index (χ0n) is 17.3. The summed E-state index contributed by atoms with van der Waals surface area (Å²) in [5.74, 6) is -2.37. The monoisotopic (exact) mass is 429 g/mol. The van der Waals surface area contributed by atoms with E-state index in [4.69, 9.17) is 0 Å². The van der Waals surface area contributed by atoms with Gasteiger partial charge in [0.2, 0.25) is 0 Å². The average molecular weight is 429 g/mol. The van der Waals surface area contributed by atoms with Crippen molar-refractivity contribution in [3.63, 3.8) is 0 Å². The first-order chi connectivity index (χ1) is 14.9. The van der Waals surface area contributed by atoms with E-state index in [9.17, 15) is 18.4 Å². The molecule has 4 rings (SSSR count). The second-order valence-electron chi connectivity index (χ2n) is 8.42. The predicted molar refractivity (Wildman–Crippen MR) is 111 cm³/mol. The van der Waals surface area contributed by atoms with Gasteiger partial charge in [0.25, 0.3) is 11.8 Å². The number of carbonyl (C=O) groups is 2. The number of rotatable bonds is 6. The third kappa shape index (κ3) is 5.26. The molecular weight excluding hydrogens is 402 g/mol. The number of quaternary nitrogens is 1. The van der Waals surface area contributed by atoms with Gasteiger partial charge in [0.15, 0.2) is 0 Å². The highest BCUT2D eigenvalue weighted by Gasteiger charge is 2.30. The van der Waals surface area contributed by atoms with E-state index in [0.29, 0.717) is 5.70 Å². The summed E-state index contributed by atoms with van der Waals surface area (Å²) >= 11 is 0. The van der Waals surface area contributed by atoms with Crippen molar-refractivity contribution in [2.75, 3.05) is 19.6 Å². The van der Waals surface area contributed by atoms with Crippen molar-refractivity contribution in [1.29, 1.82) is 0 Å². The number of nitrogens with two attached hydrogens (primary N) is 1. The van der Waals surface area contributed by atoms with E-state index >= 15 is 0 Å². The molecule has 2 heterocycles. The van der Waals surface area contributed by atoms with Gasteiger partial charge in [0.05, 0.1) is 5.57 Å². The van der Waals surface area contributed by atoms with Crippen LogP contribution < -0.4 is 16.0 Å². The Morgan fingerprint density at radius 1 is 1.10 bits per heavy atom. The van der Waals surface area contributed by atoms with E-state index in [1.165, 1.54) is 25.1 Å². The molecule has 0 bridgehead atoms. The van der Waals surface area contributed by atoms with Crippen molar-refractivity contribution < 1.29 is 23.7 Å². The van der Waals surface area contributed by atoms with Gasteiger partial charge in [-0.05, 0) is 50.3 Å². The Hall–Kier alpha value is -2.84. The first-order valence-corrected chi connectivity index (χ1v) is 10.7. The second kappa shape index (κ2) is 9.11. The number of amides is 2. The van der Waals surface area contributed by atoms with Gasteiger partial charge in [-0.3, -0.25) is 14.9 Å². The molecule has 0 unspecified atom stereocenters. The molecule has 0 aromatic heterocycles. The van der Waals surface area contributed by atoms with Crippen LogP contribution in [0.1, 0.15) is 36.0 Å². The summed E-state index contributed by atoms with van der Waals surface area (Å²) < 4.78 is 27.9. The highest BCUT2D eigenvalue weighted by molar-refractivity contribution is 6.02. The Morgan fingerprint density at radius 3 is 2.42 bits per heavy atom. The quantitative estimate of drug-likeness (QED) is 0.642. The number of halogens is 2. The van der Waals surface area contributed by atoms with Crippen molar-refractivity contribution in [2.24, 2.45) is 5.92 Å². The number of allylic oxidation sites excluding steroid dienone is 1. The smallest absolute Gasteiger partial charge is 0.261 e. The Kier molecular flexibility index (Phi) is 6.29. The van der Waals surface area contributed by atoms with Crippen LogP contribution in [0.5, 0.6) is 0 Å². The first kappa shape index (κ1) is 21.4. The molecule has 2 fully saturated rings. The van der Waals surface area contributed by atoms with Gasteiger partial charge in [0, 0.05) is 31.8 Å². The fourth-order valence-electron chi connectivity index (χ4n) is 3.98. The third-order valence-electron chi connectivity index (χ3n) is 5.90. The summed E-state index contributed by atoms with van der Waals surface area (Å²) in [6, 6.07) is 3.26. The van der Waals surface area contributed by atoms with Crippen LogP contribution >= 0.6 is 0 Å². The summed E-state index contributed by atoms with van der Waals surface area (Å²) in [4.78, 5) is 27.9. The van der Waals surface area contributed by atoms with Crippen LogP contribution in [-0.2, 0) is 4.79 Å². The zero-order valence-corrected chi connectivity index (χ0v) is 17.3. The zero-order chi connectivity index (χ0) is 22.0. The van der Waals surface area contributed by atoms with E-state index in [2.05, 4.69) is 22.1 Å². The van der Waals surface area contributed by atoms with Crippen LogP contribution in [0.4, 0.5) is 8.78 Å². The SMILES string of the molecule is C=C1C=C(C(=O)NC2CCN(CC3CC3)CC2)C(NC(=O)c2c(F)cccc2F)=C[NH2+]1. The number of piperidine rings is 1. The lowest BCUT2D eigenvalue weighted by Crippen LogP contribution is -2.76. The summed E-state index contributed by atoms with van der Waals surface area (Å²) in [6.07, 6.45) is 7.46. The minimum Gasteiger partial charge on any atom is -0.349 e. The van der Waals surface area contributed by atoms with Gasteiger partial charge < -0.3 is 15.5 Å². The summed E-state index contributed by atoms with van der Waals surface area (Å²) in [6.45, 7) is 6.89. The van der Waals surface area contributed by atoms with E-state index in [1.54, 1.807) is 11.4 Å². The predicted octanol–water partition coefficient (Wildman–Crippen LogP) is 1.54. The molecule has 4 N–H and O–H groups in total. The lowest BCUT2D eigenvalue weighted by molar-refractivity contribution is -0.531. The van der Waals surface area contributed by atoms with Crippen LogP contribution in [0.2, 0.25) is 0 Å². The minimum absolute atomic E-state index is 0.0454. The standard InChI is InChI=1S/C23H26F2N4O2/c1-14-11-17(22(30)27-16-7-9-29(10-8-16)13-15-5-6-15)20(12-26-14)28-23(31)21-18(24)3-2-4-19(21)25/h2-4,11-12,15-16,26H,1,5-10,13H2,(H,27,30)(H,28,31)/p+1. The number of hydrogen-bond acceptors (Lipinski definition) is 3. The van der Waals surface area contributed by atoms with E-state index in [-0.39, 0.29) is 23.2 Å². The maximum absolute atomic E-state index is 14.0. The molecule has 8 heteroatoms. The number of likely N-dealkylation sites (tertiary alicyclic amines) is 1. The van der Waals surface area contributed by atoms with E-state index in [1.807, 2.05) is 0 Å². The first-order valence-electron chi connectivity index (χ1n) is 10.7. The average Bonchev–Trinajstić information content (AvgIpc) is 3.54. The Labute approximate surface area is 180 Å². The van der Waals surface area contributed by atoms with Gasteiger partial charge in [0.1, 0.15) is 34.8 Å². The molecule has 6 nitrogen and oxygen atoms in total. The van der Waals surface area contributed by atoms with Gasteiger partial charge in [-0.25, -0.2) is 8.78 Å². The molecule has 3 aliphatic rings. The number of benzene rings is 1. The lowest BCUT2D eigenvalue weighted by atomic mass is 10.0. The fourth-order valence-corrected chi connectivity index (χ4v) is 3.98. The summed E-state index contributed by atoms with van der Waals surface area (Å²) in [5, 5.41) is 7.13. The van der Waals surface area contributed by atoms with Crippen LogP contribution in [0.3, 0.4) is 0 Å². The Balaban J connectivity index is 1.39. The Morgan fingerprint density at radius 2 is 1.77 bits per heavy atom. The maximum atomic E-state index is 14.0. The fraction of sp³-hybridized carbons (Fsp3) is 0.391. The maximum Gasteiger partial charge on any atom is 0.261 e. The van der Waals surface area contributed by atoms with Crippen LogP contribution in [0.25, 0.3) is 0 Å². The highest BCUT2D eigenvalue weighted by Crippen LogP contribution is 2.30. The molecule has 0 spiro atoms. The van der Waals surface area contributed by atoms with Crippen LogP contribution in [-0.4, -0.2) is 42.4 Å². The number of carbonyl (C=O) groups excluding carboxylic acids is 2.